The van der Waals surface area contributed by atoms with Crippen LogP contribution >= 0.6 is 0 Å². The molecule has 2 heterocycles. The van der Waals surface area contributed by atoms with Crippen LogP contribution in [0.5, 0.6) is 11.5 Å². The largest absolute Gasteiger partial charge is 0.454 e. The van der Waals surface area contributed by atoms with E-state index in [4.69, 9.17) is 9.47 Å². The zero-order valence-electron chi connectivity index (χ0n) is 12.3. The predicted octanol–water partition coefficient (Wildman–Crippen LogP) is 3.30. The lowest BCUT2D eigenvalue weighted by atomic mass is 10.2. The van der Waals surface area contributed by atoms with E-state index in [2.05, 4.69) is 5.32 Å². The molecule has 0 radical (unpaired) electrons. The fourth-order valence-electron chi connectivity index (χ4n) is 2.75. The Morgan fingerprint density at radius 3 is 2.83 bits per heavy atom. The molecular formula is C17H13FN2O3. The molecule has 5 nitrogen and oxygen atoms in total. The number of fused-ring (bicyclic) bond motifs is 2. The first kappa shape index (κ1) is 13.6. The molecule has 0 spiro atoms. The maximum absolute atomic E-state index is 13.9. The van der Waals surface area contributed by atoms with Gasteiger partial charge in [0.25, 0.3) is 5.91 Å². The number of amides is 1. The van der Waals surface area contributed by atoms with Crippen molar-refractivity contribution in [2.75, 3.05) is 12.1 Å². The number of hydrogen-bond acceptors (Lipinski definition) is 3. The summed E-state index contributed by atoms with van der Waals surface area (Å²) in [6.07, 6.45) is 0. The summed E-state index contributed by atoms with van der Waals surface area (Å²) in [4.78, 5) is 12.5. The SMILES string of the molecule is Cn1c(C(=O)Nc2ccc3c(c2)OCO3)cc2cccc(F)c21. The number of carbonyl (C=O) groups excluding carboxylic acids is 1. The summed E-state index contributed by atoms with van der Waals surface area (Å²) in [7, 11) is 1.67. The number of aromatic nitrogens is 1. The molecule has 1 aromatic heterocycles. The lowest BCUT2D eigenvalue weighted by molar-refractivity contribution is 0.101. The molecule has 23 heavy (non-hydrogen) atoms. The molecule has 1 N–H and O–H groups in total. The Kier molecular flexibility index (Phi) is 2.97. The van der Waals surface area contributed by atoms with Crippen molar-refractivity contribution in [1.29, 1.82) is 0 Å². The summed E-state index contributed by atoms with van der Waals surface area (Å²) in [6, 6.07) is 11.6. The van der Waals surface area contributed by atoms with Crippen LogP contribution in [-0.4, -0.2) is 17.3 Å². The minimum atomic E-state index is -0.355. The van der Waals surface area contributed by atoms with Crippen molar-refractivity contribution in [1.82, 2.24) is 4.57 Å². The van der Waals surface area contributed by atoms with Crippen molar-refractivity contribution in [2.45, 2.75) is 0 Å². The lowest BCUT2D eigenvalue weighted by Gasteiger charge is -2.07. The summed E-state index contributed by atoms with van der Waals surface area (Å²) >= 11 is 0. The first-order valence-corrected chi connectivity index (χ1v) is 7.08. The molecule has 6 heteroatoms. The summed E-state index contributed by atoms with van der Waals surface area (Å²) in [5, 5.41) is 3.48. The van der Waals surface area contributed by atoms with Gasteiger partial charge in [-0.3, -0.25) is 4.79 Å². The van der Waals surface area contributed by atoms with E-state index in [1.807, 2.05) is 0 Å². The molecule has 4 rings (SSSR count). The Balaban J connectivity index is 1.67. The van der Waals surface area contributed by atoms with Crippen molar-refractivity contribution in [3.8, 4) is 11.5 Å². The van der Waals surface area contributed by atoms with Crippen LogP contribution in [0.1, 0.15) is 10.5 Å². The fraction of sp³-hybridized carbons (Fsp3) is 0.118. The Hall–Kier alpha value is -3.02. The third-order valence-electron chi connectivity index (χ3n) is 3.87. The van der Waals surface area contributed by atoms with Crippen LogP contribution < -0.4 is 14.8 Å². The van der Waals surface area contributed by atoms with Crippen LogP contribution in [0.25, 0.3) is 10.9 Å². The summed E-state index contributed by atoms with van der Waals surface area (Å²) < 4.78 is 26.0. The van der Waals surface area contributed by atoms with Gasteiger partial charge in [-0.1, -0.05) is 12.1 Å². The van der Waals surface area contributed by atoms with Gasteiger partial charge >= 0.3 is 0 Å². The lowest BCUT2D eigenvalue weighted by Crippen LogP contribution is -2.15. The maximum Gasteiger partial charge on any atom is 0.272 e. The van der Waals surface area contributed by atoms with E-state index >= 15 is 0 Å². The molecule has 2 aromatic carbocycles. The number of benzene rings is 2. The molecule has 0 saturated heterocycles. The van der Waals surface area contributed by atoms with Crippen molar-refractivity contribution in [3.63, 3.8) is 0 Å². The summed E-state index contributed by atoms with van der Waals surface area (Å²) in [6.45, 7) is 0.176. The third-order valence-corrected chi connectivity index (χ3v) is 3.87. The molecule has 0 saturated carbocycles. The van der Waals surface area contributed by atoms with Crippen LogP contribution in [0.15, 0.2) is 42.5 Å². The van der Waals surface area contributed by atoms with Crippen molar-refractivity contribution >= 4 is 22.5 Å². The number of hydrogen-bond donors (Lipinski definition) is 1. The third kappa shape index (κ3) is 2.19. The first-order valence-electron chi connectivity index (χ1n) is 7.08. The minimum absolute atomic E-state index is 0.176. The smallest absolute Gasteiger partial charge is 0.272 e. The maximum atomic E-state index is 13.9. The van der Waals surface area contributed by atoms with Gasteiger partial charge in [0.05, 0.1) is 5.52 Å². The number of carbonyl (C=O) groups is 1. The predicted molar refractivity (Wildman–Crippen MR) is 83.4 cm³/mol. The standard InChI is InChI=1S/C17H13FN2O3/c1-20-13(7-10-3-2-4-12(18)16(10)20)17(21)19-11-5-6-14-15(8-11)23-9-22-14/h2-8H,9H2,1H3,(H,19,21). The molecule has 0 atom stereocenters. The average molecular weight is 312 g/mol. The quantitative estimate of drug-likeness (QED) is 0.790. The fourth-order valence-corrected chi connectivity index (χ4v) is 2.75. The zero-order valence-corrected chi connectivity index (χ0v) is 12.3. The second-order valence-corrected chi connectivity index (χ2v) is 5.29. The monoisotopic (exact) mass is 312 g/mol. The number of anilines is 1. The van der Waals surface area contributed by atoms with Gasteiger partial charge in [-0.25, -0.2) is 4.39 Å². The van der Waals surface area contributed by atoms with Gasteiger partial charge in [0, 0.05) is 24.2 Å². The molecule has 0 fully saturated rings. The van der Waals surface area contributed by atoms with Gasteiger partial charge < -0.3 is 19.4 Å². The molecule has 1 amide bonds. The highest BCUT2D eigenvalue weighted by Gasteiger charge is 2.18. The van der Waals surface area contributed by atoms with Gasteiger partial charge in [-0.15, -0.1) is 0 Å². The number of aryl methyl sites for hydroxylation is 1. The number of rotatable bonds is 2. The van der Waals surface area contributed by atoms with E-state index in [1.54, 1.807) is 48.0 Å². The highest BCUT2D eigenvalue weighted by atomic mass is 19.1. The molecule has 0 bridgehead atoms. The van der Waals surface area contributed by atoms with Crippen molar-refractivity contribution in [2.24, 2.45) is 7.05 Å². The second-order valence-electron chi connectivity index (χ2n) is 5.29. The normalized spacial score (nSPS) is 12.6. The van der Waals surface area contributed by atoms with E-state index in [-0.39, 0.29) is 18.5 Å². The summed E-state index contributed by atoms with van der Waals surface area (Å²) in [5.41, 5.74) is 1.37. The van der Waals surface area contributed by atoms with Crippen LogP contribution in [0.4, 0.5) is 10.1 Å². The van der Waals surface area contributed by atoms with Crippen LogP contribution in [-0.2, 0) is 7.05 Å². The number of halogens is 1. The van der Waals surface area contributed by atoms with Crippen LogP contribution in [0.3, 0.4) is 0 Å². The van der Waals surface area contributed by atoms with Gasteiger partial charge in [0.15, 0.2) is 11.5 Å². The Labute approximate surface area is 131 Å². The van der Waals surface area contributed by atoms with Gasteiger partial charge in [0.2, 0.25) is 6.79 Å². The number of nitrogens with zero attached hydrogens (tertiary/aromatic N) is 1. The zero-order chi connectivity index (χ0) is 16.0. The Morgan fingerprint density at radius 1 is 1.17 bits per heavy atom. The van der Waals surface area contributed by atoms with E-state index in [9.17, 15) is 9.18 Å². The number of para-hydroxylation sites is 1. The van der Waals surface area contributed by atoms with E-state index in [1.165, 1.54) is 6.07 Å². The Morgan fingerprint density at radius 2 is 2.00 bits per heavy atom. The minimum Gasteiger partial charge on any atom is -0.454 e. The Bertz CT molecular complexity index is 933. The van der Waals surface area contributed by atoms with Crippen molar-refractivity contribution < 1.29 is 18.7 Å². The second kappa shape index (κ2) is 5.01. The molecular weight excluding hydrogens is 299 g/mol. The first-order chi connectivity index (χ1) is 11.1. The molecule has 1 aliphatic rings. The van der Waals surface area contributed by atoms with Crippen LogP contribution in [0, 0.1) is 5.82 Å². The molecule has 1 aliphatic heterocycles. The number of ether oxygens (including phenoxy) is 2. The molecule has 3 aromatic rings. The van der Waals surface area contributed by atoms with Crippen molar-refractivity contribution in [3.05, 3.63) is 54.0 Å². The number of nitrogens with one attached hydrogen (secondary N) is 1. The molecule has 0 aliphatic carbocycles. The van der Waals surface area contributed by atoms with Gasteiger partial charge in [0.1, 0.15) is 11.5 Å². The van der Waals surface area contributed by atoms with E-state index in [0.29, 0.717) is 33.8 Å². The molecule has 0 unspecified atom stereocenters. The summed E-state index contributed by atoms with van der Waals surface area (Å²) in [5.74, 6) is 0.564. The topological polar surface area (TPSA) is 52.5 Å². The van der Waals surface area contributed by atoms with Crippen LogP contribution in [0.2, 0.25) is 0 Å². The highest BCUT2D eigenvalue weighted by Crippen LogP contribution is 2.34. The van der Waals surface area contributed by atoms with E-state index < -0.39 is 0 Å². The van der Waals surface area contributed by atoms with Gasteiger partial charge in [-0.05, 0) is 24.3 Å². The highest BCUT2D eigenvalue weighted by molar-refractivity contribution is 6.06. The van der Waals surface area contributed by atoms with Gasteiger partial charge in [-0.2, -0.15) is 0 Å². The average Bonchev–Trinajstić information content (AvgIpc) is 3.12. The molecule has 116 valence electrons. The van der Waals surface area contributed by atoms with E-state index in [0.717, 1.165) is 0 Å².